The molecule has 1 atom stereocenters. The number of amides is 2. The number of rotatable bonds is 6. The minimum atomic E-state index is -0.246. The Labute approximate surface area is 156 Å². The van der Waals surface area contributed by atoms with Gasteiger partial charge in [-0.25, -0.2) is 0 Å². The number of aryl methyl sites for hydroxylation is 1. The molecule has 2 aromatic rings. The average Bonchev–Trinajstić information content (AvgIpc) is 2.52. The van der Waals surface area contributed by atoms with Crippen molar-refractivity contribution in [1.82, 2.24) is 0 Å². The lowest BCUT2D eigenvalue weighted by molar-refractivity contribution is -0.862. The van der Waals surface area contributed by atoms with E-state index in [4.69, 9.17) is 23.2 Å². The summed E-state index contributed by atoms with van der Waals surface area (Å²) < 4.78 is 0. The largest absolute Gasteiger partial charge is 0.322 e. The highest BCUT2D eigenvalue weighted by Crippen LogP contribution is 2.25. The van der Waals surface area contributed by atoms with Crippen molar-refractivity contribution in [3.8, 4) is 0 Å². The molecule has 25 heavy (non-hydrogen) atoms. The third-order valence-corrected chi connectivity index (χ3v) is 4.03. The second-order valence-corrected chi connectivity index (χ2v) is 6.74. The molecule has 0 fully saturated rings. The van der Waals surface area contributed by atoms with Gasteiger partial charge in [0, 0.05) is 10.7 Å². The van der Waals surface area contributed by atoms with Gasteiger partial charge in [0.1, 0.15) is 0 Å². The number of benzene rings is 2. The first-order chi connectivity index (χ1) is 11.8. The van der Waals surface area contributed by atoms with E-state index in [-0.39, 0.29) is 24.9 Å². The van der Waals surface area contributed by atoms with Gasteiger partial charge in [0.15, 0.2) is 13.1 Å². The fraction of sp³-hybridized carbons (Fsp3) is 0.222. The van der Waals surface area contributed by atoms with Crippen LogP contribution in [-0.2, 0) is 9.59 Å². The molecule has 0 bridgehead atoms. The molecule has 2 amide bonds. The van der Waals surface area contributed by atoms with E-state index in [1.54, 1.807) is 25.2 Å². The fourth-order valence-corrected chi connectivity index (χ4v) is 2.58. The van der Waals surface area contributed by atoms with Gasteiger partial charge in [-0.3, -0.25) is 9.59 Å². The lowest BCUT2D eigenvalue weighted by atomic mass is 10.2. The van der Waals surface area contributed by atoms with Gasteiger partial charge in [-0.15, -0.1) is 0 Å². The lowest BCUT2D eigenvalue weighted by Gasteiger charge is -2.14. The van der Waals surface area contributed by atoms with Crippen LogP contribution in [0.5, 0.6) is 0 Å². The van der Waals surface area contributed by atoms with Crippen LogP contribution < -0.4 is 15.5 Å². The van der Waals surface area contributed by atoms with Gasteiger partial charge in [0.2, 0.25) is 0 Å². The topological polar surface area (TPSA) is 62.6 Å². The van der Waals surface area contributed by atoms with Crippen LogP contribution in [-0.4, -0.2) is 32.0 Å². The Morgan fingerprint density at radius 1 is 0.960 bits per heavy atom. The number of quaternary nitrogens is 1. The summed E-state index contributed by atoms with van der Waals surface area (Å²) >= 11 is 11.9. The molecular formula is C18H20Cl2N3O2+. The summed E-state index contributed by atoms with van der Waals surface area (Å²) in [5.74, 6) is -0.403. The first-order valence-electron chi connectivity index (χ1n) is 7.76. The van der Waals surface area contributed by atoms with Gasteiger partial charge < -0.3 is 15.5 Å². The molecule has 0 saturated heterocycles. The van der Waals surface area contributed by atoms with Crippen LogP contribution in [0.15, 0.2) is 42.5 Å². The van der Waals surface area contributed by atoms with Crippen LogP contribution in [0.2, 0.25) is 10.0 Å². The highest BCUT2D eigenvalue weighted by molar-refractivity contribution is 6.35. The minimum absolute atomic E-state index is 0.129. The van der Waals surface area contributed by atoms with E-state index in [1.165, 1.54) is 0 Å². The first-order valence-corrected chi connectivity index (χ1v) is 8.52. The van der Waals surface area contributed by atoms with E-state index < -0.39 is 0 Å². The molecule has 132 valence electrons. The molecule has 0 heterocycles. The second kappa shape index (κ2) is 8.85. The molecule has 1 unspecified atom stereocenters. The van der Waals surface area contributed by atoms with E-state index in [2.05, 4.69) is 10.6 Å². The highest BCUT2D eigenvalue weighted by atomic mass is 35.5. The van der Waals surface area contributed by atoms with Gasteiger partial charge >= 0.3 is 0 Å². The number of carbonyl (C=O) groups is 2. The quantitative estimate of drug-likeness (QED) is 0.720. The van der Waals surface area contributed by atoms with E-state index in [9.17, 15) is 9.59 Å². The van der Waals surface area contributed by atoms with Crippen LogP contribution in [0.25, 0.3) is 0 Å². The number of halogens is 2. The minimum Gasteiger partial charge on any atom is -0.322 e. The number of nitrogens with one attached hydrogen (secondary N) is 3. The summed E-state index contributed by atoms with van der Waals surface area (Å²) in [4.78, 5) is 24.9. The summed E-state index contributed by atoms with van der Waals surface area (Å²) in [6.45, 7) is 2.28. The van der Waals surface area contributed by atoms with E-state index in [1.807, 2.05) is 31.2 Å². The Morgan fingerprint density at radius 2 is 1.56 bits per heavy atom. The zero-order valence-corrected chi connectivity index (χ0v) is 15.5. The molecule has 0 aliphatic rings. The van der Waals surface area contributed by atoms with Gasteiger partial charge in [-0.05, 0) is 37.3 Å². The van der Waals surface area contributed by atoms with Crippen LogP contribution in [0.3, 0.4) is 0 Å². The summed E-state index contributed by atoms with van der Waals surface area (Å²) in [6.07, 6.45) is 0. The predicted octanol–water partition coefficient (Wildman–Crippen LogP) is 2.39. The molecule has 0 aliphatic heterocycles. The first kappa shape index (κ1) is 19.2. The van der Waals surface area contributed by atoms with Crippen molar-refractivity contribution in [3.05, 3.63) is 58.1 Å². The van der Waals surface area contributed by atoms with Crippen molar-refractivity contribution in [2.75, 3.05) is 30.8 Å². The van der Waals surface area contributed by atoms with E-state index in [0.29, 0.717) is 15.7 Å². The van der Waals surface area contributed by atoms with Crippen LogP contribution in [0, 0.1) is 6.92 Å². The summed E-state index contributed by atoms with van der Waals surface area (Å²) in [5, 5.41) is 6.41. The summed E-state index contributed by atoms with van der Waals surface area (Å²) in [5.41, 5.74) is 2.31. The number of likely N-dealkylation sites (N-methyl/N-ethyl adjacent to an activating group) is 1. The monoisotopic (exact) mass is 380 g/mol. The molecule has 5 nitrogen and oxygen atoms in total. The Bertz CT molecular complexity index is 763. The average molecular weight is 381 g/mol. The molecule has 7 heteroatoms. The molecule has 0 saturated carbocycles. The fourth-order valence-electron chi connectivity index (χ4n) is 2.24. The smallest absolute Gasteiger partial charge is 0.279 e. The molecule has 0 aliphatic carbocycles. The van der Waals surface area contributed by atoms with Crippen molar-refractivity contribution in [1.29, 1.82) is 0 Å². The van der Waals surface area contributed by atoms with Gasteiger partial charge in [-0.2, -0.15) is 0 Å². The third-order valence-electron chi connectivity index (χ3n) is 3.46. The maximum Gasteiger partial charge on any atom is 0.279 e. The molecule has 2 aromatic carbocycles. The summed E-state index contributed by atoms with van der Waals surface area (Å²) in [7, 11) is 1.77. The molecule has 0 aromatic heterocycles. The Balaban J connectivity index is 1.83. The van der Waals surface area contributed by atoms with E-state index in [0.717, 1.165) is 16.2 Å². The zero-order chi connectivity index (χ0) is 18.4. The van der Waals surface area contributed by atoms with Crippen LogP contribution in [0.1, 0.15) is 5.56 Å². The zero-order valence-electron chi connectivity index (χ0n) is 14.0. The van der Waals surface area contributed by atoms with Crippen molar-refractivity contribution in [2.24, 2.45) is 0 Å². The van der Waals surface area contributed by atoms with Crippen molar-refractivity contribution in [2.45, 2.75) is 6.92 Å². The molecule has 2 rings (SSSR count). The maximum absolute atomic E-state index is 12.1. The van der Waals surface area contributed by atoms with Crippen molar-refractivity contribution >= 4 is 46.4 Å². The Hall–Kier alpha value is -2.08. The Morgan fingerprint density at radius 3 is 2.20 bits per heavy atom. The molecule has 0 radical (unpaired) electrons. The molecule has 3 N–H and O–H groups in total. The van der Waals surface area contributed by atoms with Gasteiger partial charge in [-0.1, -0.05) is 40.9 Å². The normalized spacial score (nSPS) is 11.7. The highest BCUT2D eigenvalue weighted by Gasteiger charge is 2.15. The van der Waals surface area contributed by atoms with Crippen LogP contribution >= 0.6 is 23.2 Å². The number of anilines is 2. The SMILES string of the molecule is Cc1ccc(NC(=O)C[NH+](C)CC(=O)Nc2cc(Cl)ccc2Cl)cc1. The van der Waals surface area contributed by atoms with Crippen molar-refractivity contribution < 1.29 is 14.5 Å². The third kappa shape index (κ3) is 6.38. The second-order valence-electron chi connectivity index (χ2n) is 5.90. The molecular weight excluding hydrogens is 361 g/mol. The number of hydrogen-bond donors (Lipinski definition) is 3. The Kier molecular flexibility index (Phi) is 6.82. The van der Waals surface area contributed by atoms with E-state index >= 15 is 0 Å². The summed E-state index contributed by atoms with van der Waals surface area (Å²) in [6, 6.07) is 12.4. The van der Waals surface area contributed by atoms with Gasteiger partial charge in [0.25, 0.3) is 11.8 Å². The number of hydrogen-bond acceptors (Lipinski definition) is 2. The standard InChI is InChI=1S/C18H19Cl2N3O2/c1-12-3-6-14(7-4-12)21-17(24)10-23(2)11-18(25)22-16-9-13(19)5-8-15(16)20/h3-9H,10-11H2,1-2H3,(H,21,24)(H,22,25)/p+1. The van der Waals surface area contributed by atoms with Crippen molar-refractivity contribution in [3.63, 3.8) is 0 Å². The lowest BCUT2D eigenvalue weighted by Crippen LogP contribution is -3.11. The van der Waals surface area contributed by atoms with Crippen LogP contribution in [0.4, 0.5) is 11.4 Å². The number of carbonyl (C=O) groups excluding carboxylic acids is 2. The predicted molar refractivity (Wildman–Crippen MR) is 102 cm³/mol. The molecule has 0 spiro atoms. The maximum atomic E-state index is 12.1. The van der Waals surface area contributed by atoms with Gasteiger partial charge in [0.05, 0.1) is 17.8 Å².